The van der Waals surface area contributed by atoms with Gasteiger partial charge in [0.25, 0.3) is 0 Å². The van der Waals surface area contributed by atoms with Gasteiger partial charge < -0.3 is 10.2 Å². The van der Waals surface area contributed by atoms with E-state index in [9.17, 15) is 0 Å². The Morgan fingerprint density at radius 1 is 1.08 bits per heavy atom. The van der Waals surface area contributed by atoms with E-state index in [1.54, 1.807) is 0 Å². The molecule has 1 fully saturated rings. The van der Waals surface area contributed by atoms with E-state index in [0.717, 1.165) is 19.5 Å². The van der Waals surface area contributed by atoms with Crippen molar-refractivity contribution in [1.82, 2.24) is 10.2 Å². The van der Waals surface area contributed by atoms with Crippen molar-refractivity contribution < 1.29 is 0 Å². The highest BCUT2D eigenvalue weighted by Crippen LogP contribution is 2.06. The van der Waals surface area contributed by atoms with Gasteiger partial charge in [-0.25, -0.2) is 0 Å². The van der Waals surface area contributed by atoms with Crippen molar-refractivity contribution in [3.05, 3.63) is 6.92 Å². The predicted molar refractivity (Wildman–Crippen MR) is 52.1 cm³/mol. The number of likely N-dealkylation sites (tertiary alicyclic amines) is 1. The Kier molecular flexibility index (Phi) is 5.37. The molecule has 1 rings (SSSR count). The smallest absolute Gasteiger partial charge is 0.0107 e. The van der Waals surface area contributed by atoms with Crippen LogP contribution < -0.4 is 5.32 Å². The fraction of sp³-hybridized carbons (Fsp3) is 0.900. The average molecular weight is 168 g/mol. The summed E-state index contributed by atoms with van der Waals surface area (Å²) in [5, 5.41) is 3.32. The molecule has 0 unspecified atom stereocenters. The van der Waals surface area contributed by atoms with Gasteiger partial charge >= 0.3 is 0 Å². The van der Waals surface area contributed by atoms with Gasteiger partial charge in [-0.3, -0.25) is 0 Å². The minimum Gasteiger partial charge on any atom is -0.315 e. The summed E-state index contributed by atoms with van der Waals surface area (Å²) in [6, 6.07) is 0. The predicted octanol–water partition coefficient (Wildman–Crippen LogP) is 1.16. The maximum atomic E-state index is 5.37. The fourth-order valence-electron chi connectivity index (χ4n) is 1.65. The van der Waals surface area contributed by atoms with Crippen LogP contribution in [0, 0.1) is 6.92 Å². The molecule has 2 nitrogen and oxygen atoms in total. The third-order valence-corrected chi connectivity index (χ3v) is 2.37. The molecule has 0 bridgehead atoms. The summed E-state index contributed by atoms with van der Waals surface area (Å²) < 4.78 is 0. The van der Waals surface area contributed by atoms with Gasteiger partial charge in [-0.15, -0.1) is 0 Å². The summed E-state index contributed by atoms with van der Waals surface area (Å²) in [6.45, 7) is 11.2. The molecule has 2 radical (unpaired) electrons. The topological polar surface area (TPSA) is 15.3 Å². The summed E-state index contributed by atoms with van der Waals surface area (Å²) >= 11 is 0. The lowest BCUT2D eigenvalue weighted by Gasteiger charge is -2.26. The van der Waals surface area contributed by atoms with Gasteiger partial charge in [0.15, 0.2) is 0 Å². The highest BCUT2D eigenvalue weighted by Gasteiger charge is 2.08. The zero-order valence-electron chi connectivity index (χ0n) is 7.89. The minimum absolute atomic E-state index is 0.750. The summed E-state index contributed by atoms with van der Waals surface area (Å²) in [4.78, 5) is 2.53. The number of nitrogens with one attached hydrogen (secondary N) is 1. The van der Waals surface area contributed by atoms with Crippen LogP contribution in [-0.4, -0.2) is 37.6 Å². The molecule has 0 spiro atoms. The largest absolute Gasteiger partial charge is 0.315 e. The highest BCUT2D eigenvalue weighted by molar-refractivity contribution is 4.65. The van der Waals surface area contributed by atoms with E-state index >= 15 is 0 Å². The summed E-state index contributed by atoms with van der Waals surface area (Å²) in [6.07, 6.45) is 4.94. The maximum Gasteiger partial charge on any atom is 0.0107 e. The molecule has 0 aromatic carbocycles. The first-order valence-electron chi connectivity index (χ1n) is 5.06. The number of nitrogens with zero attached hydrogens (tertiary/aromatic N) is 1. The van der Waals surface area contributed by atoms with Crippen molar-refractivity contribution in [2.24, 2.45) is 0 Å². The van der Waals surface area contributed by atoms with Crippen LogP contribution in [0.5, 0.6) is 0 Å². The third kappa shape index (κ3) is 4.07. The molecule has 2 heteroatoms. The second-order valence-corrected chi connectivity index (χ2v) is 3.44. The van der Waals surface area contributed by atoms with Crippen LogP contribution in [0.25, 0.3) is 0 Å². The number of hydrogen-bond acceptors (Lipinski definition) is 2. The Morgan fingerprint density at radius 2 is 1.83 bits per heavy atom. The van der Waals surface area contributed by atoms with Crippen LogP contribution in [0.1, 0.15) is 25.7 Å². The lowest BCUT2D eigenvalue weighted by atomic mass is 10.1. The van der Waals surface area contributed by atoms with Gasteiger partial charge in [-0.05, 0) is 45.8 Å². The normalized spacial score (nSPS) is 19.8. The Bertz CT molecular complexity index is 98.0. The zero-order chi connectivity index (χ0) is 8.65. The molecule has 70 valence electrons. The molecule has 0 saturated carbocycles. The highest BCUT2D eigenvalue weighted by atomic mass is 15.1. The molecule has 12 heavy (non-hydrogen) atoms. The lowest BCUT2D eigenvalue weighted by Crippen LogP contribution is -2.35. The van der Waals surface area contributed by atoms with E-state index < -0.39 is 0 Å². The van der Waals surface area contributed by atoms with Crippen molar-refractivity contribution in [3.8, 4) is 0 Å². The van der Waals surface area contributed by atoms with Crippen LogP contribution in [0.2, 0.25) is 0 Å². The molecule has 1 saturated heterocycles. The molecule has 1 N–H and O–H groups in total. The van der Waals surface area contributed by atoms with Crippen molar-refractivity contribution in [2.75, 3.05) is 32.7 Å². The average Bonchev–Trinajstić information content (AvgIpc) is 2.14. The van der Waals surface area contributed by atoms with E-state index in [-0.39, 0.29) is 0 Å². The van der Waals surface area contributed by atoms with E-state index in [1.807, 2.05) is 0 Å². The summed E-state index contributed by atoms with van der Waals surface area (Å²) in [5.41, 5.74) is 0. The first-order chi connectivity index (χ1) is 5.93. The summed E-state index contributed by atoms with van der Waals surface area (Å²) in [7, 11) is 0. The van der Waals surface area contributed by atoms with Crippen LogP contribution in [0.3, 0.4) is 0 Å². The molecule has 0 aromatic heterocycles. The number of rotatable bonds is 5. The molecular formula is C10H20N2. The van der Waals surface area contributed by atoms with Crippen molar-refractivity contribution in [1.29, 1.82) is 0 Å². The van der Waals surface area contributed by atoms with Crippen LogP contribution >= 0.6 is 0 Å². The van der Waals surface area contributed by atoms with Gasteiger partial charge in [-0.2, -0.15) is 0 Å². The maximum absolute atomic E-state index is 5.37. The number of piperidine rings is 1. The van der Waals surface area contributed by atoms with Crippen molar-refractivity contribution in [2.45, 2.75) is 25.7 Å². The van der Waals surface area contributed by atoms with Crippen LogP contribution in [0.4, 0.5) is 0 Å². The molecule has 0 amide bonds. The van der Waals surface area contributed by atoms with E-state index in [1.165, 1.54) is 38.9 Å². The Hall–Kier alpha value is -0.0800. The summed E-state index contributed by atoms with van der Waals surface area (Å²) in [5.74, 6) is 0. The molecule has 1 aliphatic heterocycles. The van der Waals surface area contributed by atoms with Gasteiger partial charge in [0.1, 0.15) is 0 Å². The second kappa shape index (κ2) is 6.44. The molecule has 1 aliphatic rings. The monoisotopic (exact) mass is 168 g/mol. The molecular weight excluding hydrogens is 148 g/mol. The Labute approximate surface area is 76.3 Å². The molecule has 1 heterocycles. The van der Waals surface area contributed by atoms with Crippen molar-refractivity contribution in [3.63, 3.8) is 0 Å². The molecule has 0 atom stereocenters. The Balaban J connectivity index is 1.91. The van der Waals surface area contributed by atoms with Gasteiger partial charge in [0, 0.05) is 13.1 Å². The first kappa shape index (κ1) is 10.0. The van der Waals surface area contributed by atoms with Crippen LogP contribution in [0.15, 0.2) is 0 Å². The van der Waals surface area contributed by atoms with Crippen molar-refractivity contribution >= 4 is 0 Å². The number of hydrogen-bond donors (Lipinski definition) is 1. The quantitative estimate of drug-likeness (QED) is 0.620. The SMILES string of the molecule is [CH]CCNCCN1CCCCC1. The first-order valence-corrected chi connectivity index (χ1v) is 5.06. The van der Waals surface area contributed by atoms with E-state index in [0.29, 0.717) is 0 Å². The zero-order valence-corrected chi connectivity index (χ0v) is 7.89. The third-order valence-electron chi connectivity index (χ3n) is 2.37. The van der Waals surface area contributed by atoms with E-state index in [2.05, 4.69) is 10.2 Å². The van der Waals surface area contributed by atoms with Crippen LogP contribution in [-0.2, 0) is 0 Å². The van der Waals surface area contributed by atoms with Gasteiger partial charge in [0.05, 0.1) is 0 Å². The fourth-order valence-corrected chi connectivity index (χ4v) is 1.65. The molecule has 0 aromatic rings. The molecule has 0 aliphatic carbocycles. The van der Waals surface area contributed by atoms with Gasteiger partial charge in [0.2, 0.25) is 0 Å². The second-order valence-electron chi connectivity index (χ2n) is 3.44. The minimum atomic E-state index is 0.750. The Morgan fingerprint density at radius 3 is 2.50 bits per heavy atom. The lowest BCUT2D eigenvalue weighted by molar-refractivity contribution is 0.229. The standard InChI is InChI=1S/C10H20N2/c1-2-6-11-7-10-12-8-4-3-5-9-12/h1,11H,2-10H2. The van der Waals surface area contributed by atoms with E-state index in [4.69, 9.17) is 6.92 Å². The van der Waals surface area contributed by atoms with Gasteiger partial charge in [-0.1, -0.05) is 6.42 Å².